The molecule has 4 nitrogen and oxygen atoms in total. The molecule has 148 valence electrons. The van der Waals surface area contributed by atoms with E-state index >= 15 is 0 Å². The van der Waals surface area contributed by atoms with Crippen LogP contribution in [0.5, 0.6) is 0 Å². The molecular weight excluding hydrogens is 415 g/mol. The fourth-order valence-corrected chi connectivity index (χ4v) is 3.93. The number of nitrogen functional groups attached to an aromatic ring is 1. The molecule has 3 aromatic heterocycles. The van der Waals surface area contributed by atoms with E-state index in [-0.39, 0.29) is 32.1 Å². The van der Waals surface area contributed by atoms with Crippen molar-refractivity contribution < 1.29 is 31.2 Å². The molecule has 0 aliphatic carbocycles. The molecule has 0 amide bonds. The lowest BCUT2D eigenvalue weighted by molar-refractivity contribution is -0.140. The molecule has 0 spiro atoms. The van der Waals surface area contributed by atoms with E-state index in [4.69, 9.17) is 10.2 Å². The summed E-state index contributed by atoms with van der Waals surface area (Å²) in [5, 5.41) is 0.0869. The van der Waals surface area contributed by atoms with Gasteiger partial charge in [0.15, 0.2) is 0 Å². The Morgan fingerprint density at radius 3 is 2.52 bits per heavy atom. The molecule has 4 rings (SSSR count). The zero-order valence-electron chi connectivity index (χ0n) is 14.2. The van der Waals surface area contributed by atoms with Crippen LogP contribution in [-0.2, 0) is 6.18 Å². The molecule has 0 fully saturated rings. The van der Waals surface area contributed by atoms with Crippen LogP contribution in [0, 0.1) is 11.6 Å². The predicted octanol–water partition coefficient (Wildman–Crippen LogP) is 5.67. The molecule has 3 heterocycles. The van der Waals surface area contributed by atoms with Crippen LogP contribution in [0.25, 0.3) is 21.5 Å². The molecule has 4 aromatic rings. The Morgan fingerprint density at radius 1 is 1.14 bits per heavy atom. The van der Waals surface area contributed by atoms with Gasteiger partial charge in [-0.2, -0.15) is 13.2 Å². The first kappa shape index (κ1) is 19.1. The van der Waals surface area contributed by atoms with Gasteiger partial charge in [0.2, 0.25) is 5.78 Å². The number of halogens is 5. The van der Waals surface area contributed by atoms with Gasteiger partial charge in [0.25, 0.3) is 0 Å². The van der Waals surface area contributed by atoms with Crippen molar-refractivity contribution in [1.29, 1.82) is 0 Å². The summed E-state index contributed by atoms with van der Waals surface area (Å²) < 4.78 is 72.2. The van der Waals surface area contributed by atoms with Gasteiger partial charge in [-0.15, -0.1) is 11.3 Å². The molecule has 1 aromatic carbocycles. The molecule has 0 aliphatic heterocycles. The van der Waals surface area contributed by atoms with Gasteiger partial charge in [0.1, 0.15) is 32.8 Å². The highest BCUT2D eigenvalue weighted by molar-refractivity contribution is 7.21. The largest absolute Gasteiger partial charge is 0.464 e. The third-order valence-corrected chi connectivity index (χ3v) is 5.26. The molecule has 0 aliphatic rings. The van der Waals surface area contributed by atoms with Crippen LogP contribution >= 0.6 is 11.3 Å². The maximum atomic E-state index is 14.0. The number of thiophene rings is 1. The summed E-state index contributed by atoms with van der Waals surface area (Å²) in [6.45, 7) is 0. The Hall–Kier alpha value is -3.27. The van der Waals surface area contributed by atoms with Crippen LogP contribution in [0.4, 0.5) is 27.6 Å². The van der Waals surface area contributed by atoms with Gasteiger partial charge in [-0.3, -0.25) is 4.79 Å². The first-order valence-electron chi connectivity index (χ1n) is 8.00. The van der Waals surface area contributed by atoms with Gasteiger partial charge >= 0.3 is 6.18 Å². The Balaban J connectivity index is 1.97. The molecule has 0 saturated carbocycles. The van der Waals surface area contributed by atoms with Gasteiger partial charge < -0.3 is 10.2 Å². The van der Waals surface area contributed by atoms with E-state index in [1.54, 1.807) is 0 Å². The Morgan fingerprint density at radius 2 is 1.90 bits per heavy atom. The summed E-state index contributed by atoms with van der Waals surface area (Å²) in [5.74, 6) is -2.77. The Kier molecular flexibility index (Phi) is 4.38. The summed E-state index contributed by atoms with van der Waals surface area (Å²) in [6.07, 6.45) is -3.47. The second kappa shape index (κ2) is 6.66. The second-order valence-electron chi connectivity index (χ2n) is 6.01. The van der Waals surface area contributed by atoms with E-state index in [1.165, 1.54) is 18.4 Å². The van der Waals surface area contributed by atoms with E-state index < -0.39 is 34.9 Å². The zero-order valence-corrected chi connectivity index (χ0v) is 15.0. The maximum absolute atomic E-state index is 14.0. The van der Waals surface area contributed by atoms with Gasteiger partial charge in [-0.25, -0.2) is 13.8 Å². The number of nitrogens with zero attached hydrogens (tertiary/aromatic N) is 1. The summed E-state index contributed by atoms with van der Waals surface area (Å²) in [5.41, 5.74) is 4.24. The number of ketones is 1. The van der Waals surface area contributed by atoms with Crippen molar-refractivity contribution in [3.05, 3.63) is 70.4 Å². The smallest absolute Gasteiger partial charge is 0.433 e. The summed E-state index contributed by atoms with van der Waals surface area (Å²) in [7, 11) is 0. The van der Waals surface area contributed by atoms with Crippen molar-refractivity contribution in [2.45, 2.75) is 6.18 Å². The fourth-order valence-electron chi connectivity index (χ4n) is 2.86. The number of hydrogen-bond donors (Lipinski definition) is 1. The predicted molar refractivity (Wildman–Crippen MR) is 96.5 cm³/mol. The van der Waals surface area contributed by atoms with Crippen molar-refractivity contribution in [2.75, 3.05) is 5.73 Å². The van der Waals surface area contributed by atoms with E-state index in [0.29, 0.717) is 17.4 Å². The highest BCUT2D eigenvalue weighted by Crippen LogP contribution is 2.43. The highest BCUT2D eigenvalue weighted by Gasteiger charge is 2.35. The van der Waals surface area contributed by atoms with E-state index in [0.717, 1.165) is 18.2 Å². The van der Waals surface area contributed by atoms with Crippen LogP contribution in [0.15, 0.2) is 47.1 Å². The summed E-state index contributed by atoms with van der Waals surface area (Å²) in [6, 6.07) is 6.07. The topological polar surface area (TPSA) is 69.1 Å². The minimum absolute atomic E-state index is 0.000275. The Labute approximate surface area is 163 Å². The molecule has 29 heavy (non-hydrogen) atoms. The molecule has 10 heteroatoms. The monoisotopic (exact) mass is 424 g/mol. The number of benzene rings is 1. The highest BCUT2D eigenvalue weighted by atomic mass is 32.1. The maximum Gasteiger partial charge on any atom is 0.433 e. The zero-order chi connectivity index (χ0) is 20.9. The third-order valence-electron chi connectivity index (χ3n) is 4.16. The number of furan rings is 1. The van der Waals surface area contributed by atoms with Gasteiger partial charge in [-0.05, 0) is 30.3 Å². The molecule has 0 bridgehead atoms. The lowest BCUT2D eigenvalue weighted by Crippen LogP contribution is -2.08. The van der Waals surface area contributed by atoms with Crippen molar-refractivity contribution in [3.63, 3.8) is 0 Å². The van der Waals surface area contributed by atoms with Crippen LogP contribution < -0.4 is 5.73 Å². The number of carbonyl (C=O) groups excluding carboxylic acids is 1. The molecule has 0 atom stereocenters. The van der Waals surface area contributed by atoms with Gasteiger partial charge in [-0.1, -0.05) is 0 Å². The number of carbonyl (C=O) groups is 1. The van der Waals surface area contributed by atoms with Crippen LogP contribution in [0.3, 0.4) is 0 Å². The van der Waals surface area contributed by atoms with Gasteiger partial charge in [0, 0.05) is 17.0 Å². The lowest BCUT2D eigenvalue weighted by Gasteiger charge is -2.08. The number of nitrogens with two attached hydrogens (primary N) is 1. The summed E-state index contributed by atoms with van der Waals surface area (Å²) in [4.78, 5) is 16.0. The number of hydrogen-bond acceptors (Lipinski definition) is 5. The standard InChI is InChI=1S/C19H9F5N2O2S/c20-8-3-4-9(11(21)6-8)16(27)17-15(25)14-10(12-2-1-5-28-12)7-13(19(22,23)24)26-18(14)29-17/h1-7H,25H2. The number of rotatable bonds is 3. The van der Waals surface area contributed by atoms with Crippen molar-refractivity contribution >= 4 is 33.0 Å². The molecule has 0 radical (unpaired) electrons. The number of anilines is 1. The molecule has 0 saturated heterocycles. The number of alkyl halides is 3. The van der Waals surface area contributed by atoms with Gasteiger partial charge in [0.05, 0.1) is 17.5 Å². The SMILES string of the molecule is Nc1c(C(=O)c2ccc(F)cc2F)sc2nc(C(F)(F)F)cc(-c3ccco3)c12. The molecule has 0 unspecified atom stereocenters. The normalized spacial score (nSPS) is 11.9. The number of pyridine rings is 1. The van der Waals surface area contributed by atoms with Crippen LogP contribution in [0.2, 0.25) is 0 Å². The van der Waals surface area contributed by atoms with Crippen LogP contribution in [-0.4, -0.2) is 10.8 Å². The average molecular weight is 424 g/mol. The van der Waals surface area contributed by atoms with Crippen LogP contribution in [0.1, 0.15) is 20.9 Å². The van der Waals surface area contributed by atoms with Crippen molar-refractivity contribution in [3.8, 4) is 11.3 Å². The second-order valence-corrected chi connectivity index (χ2v) is 7.01. The first-order valence-corrected chi connectivity index (χ1v) is 8.82. The quantitative estimate of drug-likeness (QED) is 0.340. The minimum atomic E-state index is -4.75. The average Bonchev–Trinajstić information content (AvgIpc) is 3.28. The molecule has 2 N–H and O–H groups in total. The number of fused-ring (bicyclic) bond motifs is 1. The fraction of sp³-hybridized carbons (Fsp3) is 0.0526. The third kappa shape index (κ3) is 3.25. The Bertz CT molecular complexity index is 1250. The number of aromatic nitrogens is 1. The van der Waals surface area contributed by atoms with E-state index in [9.17, 15) is 26.7 Å². The van der Waals surface area contributed by atoms with E-state index in [1.807, 2.05) is 0 Å². The summed E-state index contributed by atoms with van der Waals surface area (Å²) >= 11 is 0.594. The van der Waals surface area contributed by atoms with E-state index in [2.05, 4.69) is 4.98 Å². The van der Waals surface area contributed by atoms with Crippen molar-refractivity contribution in [2.24, 2.45) is 0 Å². The molecular formula is C19H9F5N2O2S. The lowest BCUT2D eigenvalue weighted by atomic mass is 10.0. The van der Waals surface area contributed by atoms with Crippen molar-refractivity contribution in [1.82, 2.24) is 4.98 Å². The minimum Gasteiger partial charge on any atom is -0.464 e. The first-order chi connectivity index (χ1) is 13.7.